The first-order valence-electron chi connectivity index (χ1n) is 5.25. The lowest BCUT2D eigenvalue weighted by atomic mass is 10.1. The molecule has 1 aromatic heterocycles. The van der Waals surface area contributed by atoms with E-state index in [0.717, 1.165) is 16.5 Å². The summed E-state index contributed by atoms with van der Waals surface area (Å²) >= 11 is 0. The highest BCUT2D eigenvalue weighted by molar-refractivity contribution is 5.82. The second-order valence-corrected chi connectivity index (χ2v) is 3.92. The number of nitrogens with two attached hydrogens (primary N) is 1. The number of nitrogens with one attached hydrogen (secondary N) is 1. The summed E-state index contributed by atoms with van der Waals surface area (Å²) in [5.41, 5.74) is 6.90. The number of halogens is 2. The van der Waals surface area contributed by atoms with Gasteiger partial charge in [0.1, 0.15) is 0 Å². The van der Waals surface area contributed by atoms with Crippen LogP contribution in [0.4, 0.5) is 8.78 Å². The van der Waals surface area contributed by atoms with Gasteiger partial charge in [-0.25, -0.2) is 8.78 Å². The Balaban J connectivity index is 2.16. The number of aryl methyl sites for hydroxylation is 1. The van der Waals surface area contributed by atoms with Crippen LogP contribution < -0.4 is 5.73 Å². The predicted octanol–water partition coefficient (Wildman–Crippen LogP) is 2.69. The minimum absolute atomic E-state index is 0.203. The van der Waals surface area contributed by atoms with Crippen LogP contribution in [0.2, 0.25) is 0 Å². The maximum Gasteiger partial charge on any atom is 0.260 e. The Morgan fingerprint density at radius 1 is 1.25 bits per heavy atom. The minimum atomic E-state index is -2.77. The van der Waals surface area contributed by atoms with Crippen molar-refractivity contribution in [1.82, 2.24) is 4.98 Å². The molecule has 0 saturated heterocycles. The van der Waals surface area contributed by atoms with Crippen molar-refractivity contribution in [2.75, 3.05) is 6.54 Å². The third-order valence-corrected chi connectivity index (χ3v) is 2.73. The van der Waals surface area contributed by atoms with Gasteiger partial charge in [-0.15, -0.1) is 0 Å². The number of H-pyrrole nitrogens is 1. The van der Waals surface area contributed by atoms with Gasteiger partial charge in [0.2, 0.25) is 0 Å². The molecule has 0 radical (unpaired) electrons. The first-order valence-corrected chi connectivity index (χ1v) is 5.25. The van der Waals surface area contributed by atoms with E-state index in [1.807, 2.05) is 24.3 Å². The molecule has 86 valence electrons. The van der Waals surface area contributed by atoms with E-state index in [9.17, 15) is 8.78 Å². The SMILES string of the molecule is NCC(F)(F)CCc1c[nH]c2ccccc12. The van der Waals surface area contributed by atoms with Crippen LogP contribution >= 0.6 is 0 Å². The molecule has 0 saturated carbocycles. The highest BCUT2D eigenvalue weighted by Gasteiger charge is 2.26. The van der Waals surface area contributed by atoms with Gasteiger partial charge in [-0.1, -0.05) is 18.2 Å². The summed E-state index contributed by atoms with van der Waals surface area (Å²) in [6.07, 6.45) is 1.93. The Kier molecular flexibility index (Phi) is 2.92. The highest BCUT2D eigenvalue weighted by atomic mass is 19.3. The number of alkyl halides is 2. The summed E-state index contributed by atoms with van der Waals surface area (Å²) in [6, 6.07) is 7.68. The molecule has 0 bridgehead atoms. The molecule has 0 spiro atoms. The van der Waals surface area contributed by atoms with Crippen molar-refractivity contribution in [3.05, 3.63) is 36.0 Å². The average molecular weight is 224 g/mol. The van der Waals surface area contributed by atoms with E-state index in [0.29, 0.717) is 6.42 Å². The smallest absolute Gasteiger partial charge is 0.260 e. The zero-order chi connectivity index (χ0) is 11.6. The van der Waals surface area contributed by atoms with Crippen molar-refractivity contribution in [3.8, 4) is 0 Å². The van der Waals surface area contributed by atoms with Crippen LogP contribution in [-0.2, 0) is 6.42 Å². The molecule has 2 nitrogen and oxygen atoms in total. The number of rotatable bonds is 4. The molecule has 0 atom stereocenters. The third-order valence-electron chi connectivity index (χ3n) is 2.73. The topological polar surface area (TPSA) is 41.8 Å². The lowest BCUT2D eigenvalue weighted by molar-refractivity contribution is 0.00255. The summed E-state index contributed by atoms with van der Waals surface area (Å²) in [5, 5.41) is 1.01. The number of hydrogen-bond acceptors (Lipinski definition) is 1. The Hall–Kier alpha value is -1.42. The molecule has 0 aliphatic carbocycles. The van der Waals surface area contributed by atoms with E-state index < -0.39 is 12.5 Å². The maximum absolute atomic E-state index is 13.0. The Labute approximate surface area is 92.5 Å². The fourth-order valence-corrected chi connectivity index (χ4v) is 1.76. The number of aromatic amines is 1. The molecule has 2 aromatic rings. The second-order valence-electron chi connectivity index (χ2n) is 3.92. The van der Waals surface area contributed by atoms with Crippen molar-refractivity contribution >= 4 is 10.9 Å². The Morgan fingerprint density at radius 2 is 2.00 bits per heavy atom. The summed E-state index contributed by atoms with van der Waals surface area (Å²) in [6.45, 7) is -0.588. The van der Waals surface area contributed by atoms with Gasteiger partial charge >= 0.3 is 0 Å². The zero-order valence-electron chi connectivity index (χ0n) is 8.84. The van der Waals surface area contributed by atoms with Gasteiger partial charge in [0, 0.05) is 23.5 Å². The van der Waals surface area contributed by atoms with Crippen LogP contribution in [0.3, 0.4) is 0 Å². The van der Waals surface area contributed by atoms with E-state index in [1.165, 1.54) is 0 Å². The molecule has 2 rings (SSSR count). The fourth-order valence-electron chi connectivity index (χ4n) is 1.76. The lowest BCUT2D eigenvalue weighted by Gasteiger charge is -2.12. The molecule has 0 amide bonds. The lowest BCUT2D eigenvalue weighted by Crippen LogP contribution is -2.28. The number of aromatic nitrogens is 1. The Morgan fingerprint density at radius 3 is 2.75 bits per heavy atom. The van der Waals surface area contributed by atoms with E-state index in [4.69, 9.17) is 5.73 Å². The molecular formula is C12H14F2N2. The normalized spacial score (nSPS) is 12.2. The van der Waals surface area contributed by atoms with E-state index in [2.05, 4.69) is 4.98 Å². The van der Waals surface area contributed by atoms with Crippen LogP contribution in [0, 0.1) is 0 Å². The van der Waals surface area contributed by atoms with Crippen LogP contribution in [-0.4, -0.2) is 17.5 Å². The van der Waals surface area contributed by atoms with Crippen molar-refractivity contribution in [2.24, 2.45) is 5.73 Å². The largest absolute Gasteiger partial charge is 0.361 e. The molecule has 0 aliphatic heterocycles. The molecule has 4 heteroatoms. The van der Waals surface area contributed by atoms with Gasteiger partial charge < -0.3 is 10.7 Å². The maximum atomic E-state index is 13.0. The number of hydrogen-bond donors (Lipinski definition) is 2. The summed E-state index contributed by atoms with van der Waals surface area (Å²) in [7, 11) is 0. The fraction of sp³-hybridized carbons (Fsp3) is 0.333. The van der Waals surface area contributed by atoms with Gasteiger partial charge in [-0.2, -0.15) is 0 Å². The Bertz CT molecular complexity index is 477. The molecule has 0 unspecified atom stereocenters. The summed E-state index contributed by atoms with van der Waals surface area (Å²) in [4.78, 5) is 3.07. The van der Waals surface area contributed by atoms with Gasteiger partial charge in [0.25, 0.3) is 5.92 Å². The second kappa shape index (κ2) is 4.22. The van der Waals surface area contributed by atoms with Crippen LogP contribution in [0.5, 0.6) is 0 Å². The molecule has 0 fully saturated rings. The van der Waals surface area contributed by atoms with Gasteiger partial charge in [0.05, 0.1) is 6.54 Å². The predicted molar refractivity (Wildman–Crippen MR) is 60.6 cm³/mol. The first-order chi connectivity index (χ1) is 7.62. The number of fused-ring (bicyclic) bond motifs is 1. The van der Waals surface area contributed by atoms with Crippen molar-refractivity contribution in [3.63, 3.8) is 0 Å². The zero-order valence-corrected chi connectivity index (χ0v) is 8.84. The van der Waals surface area contributed by atoms with E-state index in [-0.39, 0.29) is 6.42 Å². The van der Waals surface area contributed by atoms with Crippen LogP contribution in [0.15, 0.2) is 30.5 Å². The molecule has 1 aromatic carbocycles. The van der Waals surface area contributed by atoms with Gasteiger partial charge in [-0.3, -0.25) is 0 Å². The molecule has 1 heterocycles. The standard InChI is InChI=1S/C12H14F2N2/c13-12(14,8-15)6-5-9-7-16-11-4-2-1-3-10(9)11/h1-4,7,16H,5-6,8,15H2. The molecule has 0 aliphatic rings. The van der Waals surface area contributed by atoms with Crippen LogP contribution in [0.25, 0.3) is 10.9 Å². The monoisotopic (exact) mass is 224 g/mol. The summed E-state index contributed by atoms with van der Waals surface area (Å²) in [5.74, 6) is -2.77. The van der Waals surface area contributed by atoms with Crippen molar-refractivity contribution < 1.29 is 8.78 Å². The average Bonchev–Trinajstić information content (AvgIpc) is 2.70. The minimum Gasteiger partial charge on any atom is -0.361 e. The molecule has 16 heavy (non-hydrogen) atoms. The van der Waals surface area contributed by atoms with Gasteiger partial charge in [0.15, 0.2) is 0 Å². The number of benzene rings is 1. The third kappa shape index (κ3) is 2.22. The number of para-hydroxylation sites is 1. The highest BCUT2D eigenvalue weighted by Crippen LogP contribution is 2.24. The van der Waals surface area contributed by atoms with Gasteiger partial charge in [-0.05, 0) is 18.1 Å². The summed E-state index contributed by atoms with van der Waals surface area (Å²) < 4.78 is 26.0. The molecule has 3 N–H and O–H groups in total. The van der Waals surface area contributed by atoms with Crippen LogP contribution in [0.1, 0.15) is 12.0 Å². The van der Waals surface area contributed by atoms with E-state index >= 15 is 0 Å². The molecular weight excluding hydrogens is 210 g/mol. The quantitative estimate of drug-likeness (QED) is 0.823. The first kappa shape index (κ1) is 11.1. The van der Waals surface area contributed by atoms with Crippen molar-refractivity contribution in [1.29, 1.82) is 0 Å². The van der Waals surface area contributed by atoms with Crippen molar-refractivity contribution in [2.45, 2.75) is 18.8 Å². The van der Waals surface area contributed by atoms with E-state index in [1.54, 1.807) is 6.20 Å².